The zero-order valence-corrected chi connectivity index (χ0v) is 36.6. The van der Waals surface area contributed by atoms with Crippen molar-refractivity contribution in [1.82, 2.24) is 17.5 Å². The minimum absolute atomic E-state index is 0.0516. The van der Waals surface area contributed by atoms with Gasteiger partial charge in [-0.3, -0.25) is 0 Å². The van der Waals surface area contributed by atoms with Gasteiger partial charge in [-0.1, -0.05) is 130 Å². The summed E-state index contributed by atoms with van der Waals surface area (Å²) in [6.07, 6.45) is 25.0. The van der Waals surface area contributed by atoms with E-state index in [1.54, 1.807) is 0 Å². The van der Waals surface area contributed by atoms with Gasteiger partial charge >= 0.3 is 0 Å². The fourth-order valence-corrected chi connectivity index (χ4v) is 12.3. The van der Waals surface area contributed by atoms with E-state index in [1.807, 2.05) is 0 Å². The van der Waals surface area contributed by atoms with Crippen molar-refractivity contribution in [2.24, 2.45) is 0 Å². The molecule has 3 aromatic carbocycles. The highest BCUT2D eigenvalue weighted by Crippen LogP contribution is 2.63. The average molecular weight is 865 g/mol. The van der Waals surface area contributed by atoms with Crippen LogP contribution in [0.5, 0.6) is 0 Å². The van der Waals surface area contributed by atoms with Crippen molar-refractivity contribution in [2.45, 2.75) is 167 Å². The largest absolute Gasteiger partial charge is 0.172 e. The molecule has 0 radical (unpaired) electrons. The summed E-state index contributed by atoms with van der Waals surface area (Å²) in [5.74, 6) is 0. The molecule has 0 spiro atoms. The summed E-state index contributed by atoms with van der Waals surface area (Å²) < 4.78 is 22.0. The van der Waals surface area contributed by atoms with E-state index in [-0.39, 0.29) is 10.8 Å². The number of hydrogen-bond donors (Lipinski definition) is 0. The molecular formula is C44H56Br2N4S2. The molecule has 0 amide bonds. The molecule has 5 aromatic rings. The third-order valence-corrected chi connectivity index (χ3v) is 14.8. The van der Waals surface area contributed by atoms with Crippen LogP contribution in [0.15, 0.2) is 33.2 Å². The van der Waals surface area contributed by atoms with Gasteiger partial charge in [-0.05, 0) is 115 Å². The molecule has 7 rings (SSSR count). The van der Waals surface area contributed by atoms with Gasteiger partial charge in [0.25, 0.3) is 0 Å². The van der Waals surface area contributed by atoms with E-state index in [2.05, 4.69) is 83.8 Å². The van der Waals surface area contributed by atoms with Gasteiger partial charge in [-0.15, -0.1) is 0 Å². The number of hydrogen-bond acceptors (Lipinski definition) is 6. The number of nitrogens with zero attached hydrogens (tertiary/aromatic N) is 4. The van der Waals surface area contributed by atoms with E-state index in [9.17, 15) is 0 Å². The maximum atomic E-state index is 5.07. The molecule has 0 saturated heterocycles. The van der Waals surface area contributed by atoms with E-state index in [4.69, 9.17) is 17.5 Å². The van der Waals surface area contributed by atoms with Crippen molar-refractivity contribution in [3.05, 3.63) is 55.5 Å². The lowest BCUT2D eigenvalue weighted by molar-refractivity contribution is 0.397. The average Bonchev–Trinajstić information content (AvgIpc) is 3.93. The van der Waals surface area contributed by atoms with Crippen molar-refractivity contribution in [2.75, 3.05) is 0 Å². The van der Waals surface area contributed by atoms with E-state index >= 15 is 0 Å². The Labute approximate surface area is 337 Å². The van der Waals surface area contributed by atoms with Gasteiger partial charge in [0, 0.05) is 30.9 Å². The Hall–Kier alpha value is -1.74. The van der Waals surface area contributed by atoms with Crippen LogP contribution >= 0.6 is 55.3 Å². The highest BCUT2D eigenvalue weighted by atomic mass is 79.9. The highest BCUT2D eigenvalue weighted by Gasteiger charge is 2.49. The molecule has 52 heavy (non-hydrogen) atoms. The predicted molar refractivity (Wildman–Crippen MR) is 231 cm³/mol. The van der Waals surface area contributed by atoms with Gasteiger partial charge in [0.2, 0.25) is 0 Å². The first-order chi connectivity index (χ1) is 25.5. The Bertz CT molecular complexity index is 1850. The van der Waals surface area contributed by atoms with E-state index in [0.717, 1.165) is 31.0 Å². The Morgan fingerprint density at radius 3 is 1.08 bits per heavy atom. The zero-order chi connectivity index (χ0) is 36.3. The van der Waals surface area contributed by atoms with Crippen LogP contribution in [0.3, 0.4) is 0 Å². The molecule has 0 fully saturated rings. The number of benzene rings is 3. The molecule has 0 atom stereocenters. The molecule has 0 aliphatic heterocycles. The normalized spacial score (nSPS) is 15.0. The van der Waals surface area contributed by atoms with Crippen molar-refractivity contribution in [1.29, 1.82) is 0 Å². The molecule has 2 aromatic heterocycles. The summed E-state index contributed by atoms with van der Waals surface area (Å²) in [6, 6.07) is 10.3. The van der Waals surface area contributed by atoms with Gasteiger partial charge in [0.05, 0.1) is 23.5 Å². The summed E-state index contributed by atoms with van der Waals surface area (Å²) in [7, 11) is 0. The molecule has 2 aliphatic carbocycles. The molecule has 2 aliphatic rings. The minimum Gasteiger partial charge on any atom is -0.172 e. The highest BCUT2D eigenvalue weighted by molar-refractivity contribution is 9.11. The standard InChI is InChI=1S/C44H56Br2N4S2/c1-5-9-13-17-21-43(22-18-14-10-6-2)31-25-30-32(26-29(31)37-33(43)27-35(45)39-41(37)49-51-47-39)44(23-19-15-11-7-3,24-20-16-12-8-4)34-28-36(46)40-42(38(30)34)50-52-48-40/h25-28H,5-24H2,1-4H3. The number of halogens is 2. The smallest absolute Gasteiger partial charge is 0.119 e. The molecule has 278 valence electrons. The van der Waals surface area contributed by atoms with Gasteiger partial charge in [-0.2, -0.15) is 17.5 Å². The first kappa shape index (κ1) is 38.5. The second-order valence-corrected chi connectivity index (χ2v) is 18.6. The summed E-state index contributed by atoms with van der Waals surface area (Å²) in [5.41, 5.74) is 15.7. The summed E-state index contributed by atoms with van der Waals surface area (Å²) in [4.78, 5) is 0. The topological polar surface area (TPSA) is 51.6 Å². The molecular weight excluding hydrogens is 808 g/mol. The van der Waals surface area contributed by atoms with E-state index in [1.165, 1.54) is 196 Å². The number of fused-ring (bicyclic) bond motifs is 10. The van der Waals surface area contributed by atoms with Gasteiger partial charge in [0.15, 0.2) is 0 Å². The lowest BCUT2D eigenvalue weighted by Gasteiger charge is -2.35. The maximum absolute atomic E-state index is 5.07. The summed E-state index contributed by atoms with van der Waals surface area (Å²) in [6.45, 7) is 9.31. The van der Waals surface area contributed by atoms with Crippen LogP contribution in [0.2, 0.25) is 0 Å². The Morgan fingerprint density at radius 1 is 0.423 bits per heavy atom. The number of unbranched alkanes of at least 4 members (excludes halogenated alkanes) is 12. The quantitative estimate of drug-likeness (QED) is 0.0732. The summed E-state index contributed by atoms with van der Waals surface area (Å²) in [5, 5.41) is 0. The van der Waals surface area contributed by atoms with Crippen LogP contribution in [0.1, 0.15) is 178 Å². The van der Waals surface area contributed by atoms with Crippen LogP contribution in [-0.2, 0) is 10.8 Å². The first-order valence-electron chi connectivity index (χ1n) is 20.6. The molecule has 0 saturated carbocycles. The van der Waals surface area contributed by atoms with E-state index in [0.29, 0.717) is 0 Å². The van der Waals surface area contributed by atoms with Crippen LogP contribution < -0.4 is 0 Å². The van der Waals surface area contributed by atoms with Crippen molar-refractivity contribution in [3.8, 4) is 22.3 Å². The SMILES string of the molecule is CCCCCCC1(CCCCCC)c2cc3c(cc2-c2c1cc(Br)c1nsnc21)C(CCCCCC)(CCCCCC)c1cc(Br)c2nsnc2c1-3. The van der Waals surface area contributed by atoms with Crippen molar-refractivity contribution < 1.29 is 0 Å². The Balaban J connectivity index is 1.51. The first-order valence-corrected chi connectivity index (χ1v) is 23.6. The Kier molecular flexibility index (Phi) is 12.6. The molecule has 0 bridgehead atoms. The van der Waals surface area contributed by atoms with Crippen molar-refractivity contribution >= 4 is 77.4 Å². The lowest BCUT2D eigenvalue weighted by atomic mass is 9.68. The fraction of sp³-hybridized carbons (Fsp3) is 0.591. The molecule has 2 heterocycles. The van der Waals surface area contributed by atoms with Gasteiger partial charge in [-0.25, -0.2) is 0 Å². The van der Waals surface area contributed by atoms with Crippen molar-refractivity contribution in [3.63, 3.8) is 0 Å². The molecule has 8 heteroatoms. The minimum atomic E-state index is -0.0516. The van der Waals surface area contributed by atoms with Crippen LogP contribution in [0, 0.1) is 0 Å². The third-order valence-electron chi connectivity index (χ3n) is 12.6. The molecule has 0 unspecified atom stereocenters. The Morgan fingerprint density at radius 2 is 0.750 bits per heavy atom. The number of rotatable bonds is 20. The molecule has 0 N–H and O–H groups in total. The maximum Gasteiger partial charge on any atom is 0.119 e. The molecule has 4 nitrogen and oxygen atoms in total. The van der Waals surface area contributed by atoms with Crippen LogP contribution in [-0.4, -0.2) is 17.5 Å². The third kappa shape index (κ3) is 6.76. The summed E-state index contributed by atoms with van der Waals surface area (Å²) >= 11 is 10.7. The zero-order valence-electron chi connectivity index (χ0n) is 31.8. The predicted octanol–water partition coefficient (Wildman–Crippen LogP) is 15.6. The second kappa shape index (κ2) is 17.0. The number of aromatic nitrogens is 4. The van der Waals surface area contributed by atoms with Gasteiger partial charge < -0.3 is 0 Å². The van der Waals surface area contributed by atoms with Crippen LogP contribution in [0.25, 0.3) is 44.3 Å². The van der Waals surface area contributed by atoms with Gasteiger partial charge in [0.1, 0.15) is 22.1 Å². The fourth-order valence-electron chi connectivity index (χ4n) is 9.95. The lowest BCUT2D eigenvalue weighted by Crippen LogP contribution is -2.27. The monoisotopic (exact) mass is 862 g/mol. The van der Waals surface area contributed by atoms with E-state index < -0.39 is 0 Å². The van der Waals surface area contributed by atoms with Crippen LogP contribution in [0.4, 0.5) is 0 Å². The second-order valence-electron chi connectivity index (χ2n) is 15.8.